The van der Waals surface area contributed by atoms with Crippen LogP contribution in [-0.4, -0.2) is 28.2 Å². The van der Waals surface area contributed by atoms with E-state index in [1.807, 2.05) is 0 Å². The summed E-state index contributed by atoms with van der Waals surface area (Å²) in [5, 5.41) is 18.9. The van der Waals surface area contributed by atoms with E-state index in [1.54, 1.807) is 12.2 Å². The Kier molecular flexibility index (Phi) is 5.71. The smallest absolute Gasteiger partial charge is 0.142 e. The molecule has 0 saturated heterocycles. The second-order valence-electron chi connectivity index (χ2n) is 4.61. The highest BCUT2D eigenvalue weighted by atomic mass is 16.3. The third-order valence-corrected chi connectivity index (χ3v) is 3.05. The number of rotatable bonds is 6. The lowest BCUT2D eigenvalue weighted by molar-refractivity contribution is -0.119. The minimum atomic E-state index is -0.487. The Hall–Kier alpha value is -0.670. The summed E-state index contributed by atoms with van der Waals surface area (Å²) < 4.78 is 0. The minimum Gasteiger partial charge on any atom is -0.393 e. The summed E-state index contributed by atoms with van der Waals surface area (Å²) in [4.78, 5) is 11.4. The minimum absolute atomic E-state index is 0.0875. The van der Waals surface area contributed by atoms with Crippen molar-refractivity contribution in [3.05, 3.63) is 12.2 Å². The van der Waals surface area contributed by atoms with E-state index in [0.29, 0.717) is 6.42 Å². The number of allylic oxidation sites excluding steroid dienone is 1. The number of carbonyl (C=O) groups excluding carboxylic acids is 1. The van der Waals surface area contributed by atoms with Crippen molar-refractivity contribution in [2.75, 3.05) is 0 Å². The molecular formula is C13H22O3. The van der Waals surface area contributed by atoms with Crippen LogP contribution < -0.4 is 0 Å². The Labute approximate surface area is 97.2 Å². The van der Waals surface area contributed by atoms with Gasteiger partial charge in [0.25, 0.3) is 0 Å². The average molecular weight is 226 g/mol. The number of aliphatic hydroxyl groups is 2. The Morgan fingerprint density at radius 3 is 2.81 bits per heavy atom. The topological polar surface area (TPSA) is 57.5 Å². The Bertz CT molecular complexity index is 248. The van der Waals surface area contributed by atoms with Crippen LogP contribution in [0.1, 0.15) is 45.4 Å². The SMILES string of the molecule is CCCCC[C@H](O)/C=C/[C@@H]1C[C@@H](O)CC1=O. The number of hydrogen-bond acceptors (Lipinski definition) is 3. The first-order valence-electron chi connectivity index (χ1n) is 6.20. The second kappa shape index (κ2) is 6.81. The van der Waals surface area contributed by atoms with Crippen LogP contribution in [0.3, 0.4) is 0 Å². The van der Waals surface area contributed by atoms with Gasteiger partial charge in [0.1, 0.15) is 5.78 Å². The number of hydrogen-bond donors (Lipinski definition) is 2. The largest absolute Gasteiger partial charge is 0.393 e. The third-order valence-electron chi connectivity index (χ3n) is 3.05. The van der Waals surface area contributed by atoms with Gasteiger partial charge in [-0.25, -0.2) is 0 Å². The highest BCUT2D eigenvalue weighted by molar-refractivity contribution is 5.85. The van der Waals surface area contributed by atoms with E-state index in [1.165, 1.54) is 0 Å². The monoisotopic (exact) mass is 226 g/mol. The maximum atomic E-state index is 11.4. The van der Waals surface area contributed by atoms with E-state index < -0.39 is 12.2 Å². The lowest BCUT2D eigenvalue weighted by atomic mass is 10.0. The lowest BCUT2D eigenvalue weighted by Gasteiger charge is -2.06. The molecule has 0 radical (unpaired) electrons. The normalized spacial score (nSPS) is 27.8. The molecule has 0 aromatic heterocycles. The molecule has 0 aromatic carbocycles. The first-order valence-corrected chi connectivity index (χ1v) is 6.20. The molecule has 0 unspecified atom stereocenters. The molecule has 0 amide bonds. The fourth-order valence-electron chi connectivity index (χ4n) is 2.04. The van der Waals surface area contributed by atoms with Gasteiger partial charge >= 0.3 is 0 Å². The standard InChI is InChI=1S/C13H22O3/c1-2-3-4-5-11(14)7-6-10-8-12(15)9-13(10)16/h6-7,10-12,14-15H,2-5,8-9H2,1H3/b7-6+/t10-,11+,12-/m1/s1. The molecule has 1 aliphatic rings. The van der Waals surface area contributed by atoms with E-state index in [9.17, 15) is 15.0 Å². The molecule has 2 N–H and O–H groups in total. The predicted octanol–water partition coefficient (Wildman–Crippen LogP) is 1.82. The van der Waals surface area contributed by atoms with Gasteiger partial charge in [0.15, 0.2) is 0 Å². The molecule has 0 spiro atoms. The second-order valence-corrected chi connectivity index (χ2v) is 4.61. The van der Waals surface area contributed by atoms with Crippen molar-refractivity contribution in [3.8, 4) is 0 Å². The van der Waals surface area contributed by atoms with Gasteiger partial charge < -0.3 is 10.2 Å². The number of ketones is 1. The van der Waals surface area contributed by atoms with Gasteiger partial charge in [-0.15, -0.1) is 0 Å². The van der Waals surface area contributed by atoms with E-state index in [4.69, 9.17) is 0 Å². The first-order chi connectivity index (χ1) is 7.63. The van der Waals surface area contributed by atoms with Crippen LogP contribution >= 0.6 is 0 Å². The van der Waals surface area contributed by atoms with E-state index in [-0.39, 0.29) is 18.1 Å². The van der Waals surface area contributed by atoms with Gasteiger partial charge in [-0.05, 0) is 12.8 Å². The summed E-state index contributed by atoms with van der Waals surface area (Å²) in [5.74, 6) is -0.0969. The molecule has 3 nitrogen and oxygen atoms in total. The molecule has 92 valence electrons. The highest BCUT2D eigenvalue weighted by Crippen LogP contribution is 2.23. The summed E-state index contributed by atoms with van der Waals surface area (Å²) >= 11 is 0. The molecule has 0 aliphatic heterocycles. The van der Waals surface area contributed by atoms with E-state index in [0.717, 1.165) is 25.7 Å². The number of carbonyl (C=O) groups is 1. The van der Waals surface area contributed by atoms with Gasteiger partial charge in [0.05, 0.1) is 12.2 Å². The van der Waals surface area contributed by atoms with Gasteiger partial charge in [-0.3, -0.25) is 4.79 Å². The molecule has 1 rings (SSSR count). The number of unbranched alkanes of at least 4 members (excludes halogenated alkanes) is 2. The molecule has 16 heavy (non-hydrogen) atoms. The third kappa shape index (κ3) is 4.45. The molecule has 0 heterocycles. The number of Topliss-reactive ketones (excluding diaryl/α,β-unsaturated/α-hetero) is 1. The van der Waals surface area contributed by atoms with Crippen molar-refractivity contribution < 1.29 is 15.0 Å². The van der Waals surface area contributed by atoms with Crippen molar-refractivity contribution >= 4 is 5.78 Å². The van der Waals surface area contributed by atoms with E-state index in [2.05, 4.69) is 6.92 Å². The molecule has 0 aromatic rings. The van der Waals surface area contributed by atoms with Gasteiger partial charge in [0.2, 0.25) is 0 Å². The maximum absolute atomic E-state index is 11.4. The Morgan fingerprint density at radius 2 is 2.25 bits per heavy atom. The van der Waals surface area contributed by atoms with Crippen LogP contribution in [0.5, 0.6) is 0 Å². The molecule has 1 fully saturated rings. The zero-order valence-electron chi connectivity index (χ0n) is 9.93. The molecule has 0 bridgehead atoms. The maximum Gasteiger partial charge on any atom is 0.142 e. The van der Waals surface area contributed by atoms with Crippen LogP contribution in [0, 0.1) is 5.92 Å². The van der Waals surface area contributed by atoms with Crippen LogP contribution in [-0.2, 0) is 4.79 Å². The predicted molar refractivity (Wildman–Crippen MR) is 63.0 cm³/mol. The fourth-order valence-corrected chi connectivity index (χ4v) is 2.04. The van der Waals surface area contributed by atoms with Crippen LogP contribution in [0.4, 0.5) is 0 Å². The van der Waals surface area contributed by atoms with Gasteiger partial charge in [-0.1, -0.05) is 38.3 Å². The molecule has 3 heteroatoms. The van der Waals surface area contributed by atoms with Crippen LogP contribution in [0.25, 0.3) is 0 Å². The van der Waals surface area contributed by atoms with Crippen molar-refractivity contribution in [3.63, 3.8) is 0 Å². The summed E-state index contributed by atoms with van der Waals surface area (Å²) in [7, 11) is 0. The van der Waals surface area contributed by atoms with Crippen molar-refractivity contribution in [1.82, 2.24) is 0 Å². The van der Waals surface area contributed by atoms with Crippen molar-refractivity contribution in [2.45, 2.75) is 57.7 Å². The molecule has 1 aliphatic carbocycles. The van der Waals surface area contributed by atoms with E-state index >= 15 is 0 Å². The van der Waals surface area contributed by atoms with Crippen molar-refractivity contribution in [2.24, 2.45) is 5.92 Å². The number of aliphatic hydroxyl groups excluding tert-OH is 2. The molecular weight excluding hydrogens is 204 g/mol. The Morgan fingerprint density at radius 1 is 1.50 bits per heavy atom. The molecule has 1 saturated carbocycles. The zero-order chi connectivity index (χ0) is 12.0. The quantitative estimate of drug-likeness (QED) is 0.536. The summed E-state index contributed by atoms with van der Waals surface area (Å²) in [6.07, 6.45) is 7.35. The average Bonchev–Trinajstić information content (AvgIpc) is 2.55. The van der Waals surface area contributed by atoms with Gasteiger partial charge in [-0.2, -0.15) is 0 Å². The van der Waals surface area contributed by atoms with Gasteiger partial charge in [0, 0.05) is 12.3 Å². The highest BCUT2D eigenvalue weighted by Gasteiger charge is 2.29. The summed E-state index contributed by atoms with van der Waals surface area (Å²) in [6, 6.07) is 0. The zero-order valence-corrected chi connectivity index (χ0v) is 9.93. The lowest BCUT2D eigenvalue weighted by Crippen LogP contribution is -2.06. The fraction of sp³-hybridized carbons (Fsp3) is 0.769. The summed E-state index contributed by atoms with van der Waals surface area (Å²) in [5.41, 5.74) is 0. The van der Waals surface area contributed by atoms with Crippen LogP contribution in [0.2, 0.25) is 0 Å². The Balaban J connectivity index is 2.27. The van der Waals surface area contributed by atoms with Crippen molar-refractivity contribution in [1.29, 1.82) is 0 Å². The van der Waals surface area contributed by atoms with Crippen LogP contribution in [0.15, 0.2) is 12.2 Å². The first kappa shape index (κ1) is 13.4. The summed E-state index contributed by atoms with van der Waals surface area (Å²) in [6.45, 7) is 2.13. The molecule has 3 atom stereocenters.